The van der Waals surface area contributed by atoms with Crippen molar-refractivity contribution >= 4 is 0 Å². The second kappa shape index (κ2) is 2.23. The van der Waals surface area contributed by atoms with Crippen LogP contribution in [0.15, 0.2) is 12.3 Å². The van der Waals surface area contributed by atoms with Gasteiger partial charge in [-0.1, -0.05) is 0 Å². The highest BCUT2D eigenvalue weighted by Crippen LogP contribution is 2.11. The van der Waals surface area contributed by atoms with Crippen molar-refractivity contribution in [3.05, 3.63) is 17.8 Å². The van der Waals surface area contributed by atoms with E-state index in [-0.39, 0.29) is 0 Å². The predicted molar refractivity (Wildman–Crippen MR) is 32.1 cm³/mol. The number of hydrogen-bond acceptors (Lipinski definition) is 2. The third-order valence-electron chi connectivity index (χ3n) is 1.03. The fourth-order valence-electron chi connectivity index (χ4n) is 0.611. The quantitative estimate of drug-likeness (QED) is 0.601. The number of H-pyrrole nitrogens is 1. The molecular formula is C6H6N2O. The molecule has 0 saturated heterocycles. The molecule has 0 aliphatic carbocycles. The van der Waals surface area contributed by atoms with E-state index in [1.807, 2.05) is 6.07 Å². The number of ether oxygens (including phenoxy) is 1. The molecule has 0 radical (unpaired) electrons. The molecular weight excluding hydrogens is 116 g/mol. The van der Waals surface area contributed by atoms with Crippen molar-refractivity contribution in [3.8, 4) is 11.9 Å². The Bertz CT molecular complexity index is 233. The van der Waals surface area contributed by atoms with Gasteiger partial charge in [0.05, 0.1) is 7.11 Å². The summed E-state index contributed by atoms with van der Waals surface area (Å²) in [5, 5.41) is 8.39. The Kier molecular flexibility index (Phi) is 1.41. The standard InChI is InChI=1S/C6H6N2O/c1-9-6-5(4-7)2-3-8-6/h2-3,8H,1H3. The highest BCUT2D eigenvalue weighted by atomic mass is 16.5. The lowest BCUT2D eigenvalue weighted by molar-refractivity contribution is 0.399. The molecule has 9 heavy (non-hydrogen) atoms. The lowest BCUT2D eigenvalue weighted by atomic mass is 10.4. The van der Waals surface area contributed by atoms with Crippen molar-refractivity contribution in [1.82, 2.24) is 4.98 Å². The summed E-state index contributed by atoms with van der Waals surface area (Å²) < 4.78 is 4.80. The number of aromatic nitrogens is 1. The summed E-state index contributed by atoms with van der Waals surface area (Å²) in [5.41, 5.74) is 0.539. The monoisotopic (exact) mass is 122 g/mol. The molecule has 46 valence electrons. The SMILES string of the molecule is COc1[nH]ccc1C#N. The summed E-state index contributed by atoms with van der Waals surface area (Å²) in [4.78, 5) is 2.76. The van der Waals surface area contributed by atoms with E-state index in [4.69, 9.17) is 10.00 Å². The first-order valence-electron chi connectivity index (χ1n) is 2.50. The van der Waals surface area contributed by atoms with Crippen LogP contribution in [0.4, 0.5) is 0 Å². The van der Waals surface area contributed by atoms with Crippen molar-refractivity contribution in [2.24, 2.45) is 0 Å². The van der Waals surface area contributed by atoms with E-state index in [9.17, 15) is 0 Å². The molecule has 0 saturated carbocycles. The van der Waals surface area contributed by atoms with Crippen LogP contribution >= 0.6 is 0 Å². The average Bonchev–Trinajstić information content (AvgIpc) is 2.33. The van der Waals surface area contributed by atoms with Crippen LogP contribution in [0.1, 0.15) is 5.56 Å². The molecule has 0 atom stereocenters. The van der Waals surface area contributed by atoms with Gasteiger partial charge in [-0.15, -0.1) is 0 Å². The van der Waals surface area contributed by atoms with E-state index >= 15 is 0 Å². The number of aromatic amines is 1. The number of hydrogen-bond donors (Lipinski definition) is 1. The predicted octanol–water partition coefficient (Wildman–Crippen LogP) is 0.895. The summed E-state index contributed by atoms with van der Waals surface area (Å²) in [7, 11) is 1.52. The van der Waals surface area contributed by atoms with Crippen LogP contribution in [0.25, 0.3) is 0 Å². The molecule has 3 nitrogen and oxygen atoms in total. The Morgan fingerprint density at radius 1 is 1.78 bits per heavy atom. The molecule has 1 heterocycles. The highest BCUT2D eigenvalue weighted by Gasteiger charge is 1.98. The number of methoxy groups -OCH3 is 1. The molecule has 0 aliphatic rings. The van der Waals surface area contributed by atoms with Gasteiger partial charge in [0.2, 0.25) is 5.88 Å². The van der Waals surface area contributed by atoms with Gasteiger partial charge in [0.15, 0.2) is 0 Å². The molecule has 0 amide bonds. The van der Waals surface area contributed by atoms with Gasteiger partial charge in [-0.25, -0.2) is 0 Å². The number of nitrogens with zero attached hydrogens (tertiary/aromatic N) is 1. The van der Waals surface area contributed by atoms with Crippen molar-refractivity contribution in [1.29, 1.82) is 5.26 Å². The van der Waals surface area contributed by atoms with Gasteiger partial charge in [-0.2, -0.15) is 5.26 Å². The van der Waals surface area contributed by atoms with E-state index in [2.05, 4.69) is 4.98 Å². The lowest BCUT2D eigenvalue weighted by Crippen LogP contribution is -1.83. The van der Waals surface area contributed by atoms with E-state index in [1.54, 1.807) is 12.3 Å². The van der Waals surface area contributed by atoms with E-state index in [0.717, 1.165) is 0 Å². The molecule has 1 aromatic rings. The zero-order valence-corrected chi connectivity index (χ0v) is 5.01. The highest BCUT2D eigenvalue weighted by molar-refractivity contribution is 5.37. The zero-order valence-electron chi connectivity index (χ0n) is 5.01. The first-order valence-corrected chi connectivity index (χ1v) is 2.50. The Morgan fingerprint density at radius 2 is 2.56 bits per heavy atom. The van der Waals surface area contributed by atoms with Crippen molar-refractivity contribution in [2.45, 2.75) is 0 Å². The van der Waals surface area contributed by atoms with Gasteiger partial charge in [0.25, 0.3) is 0 Å². The number of rotatable bonds is 1. The maximum Gasteiger partial charge on any atom is 0.208 e. The van der Waals surface area contributed by atoms with Gasteiger partial charge < -0.3 is 9.72 Å². The Morgan fingerprint density at radius 3 is 3.00 bits per heavy atom. The smallest absolute Gasteiger partial charge is 0.208 e. The molecule has 0 spiro atoms. The summed E-state index contributed by atoms with van der Waals surface area (Å²) in [6.45, 7) is 0. The third-order valence-corrected chi connectivity index (χ3v) is 1.03. The van der Waals surface area contributed by atoms with Gasteiger partial charge >= 0.3 is 0 Å². The van der Waals surface area contributed by atoms with Crippen molar-refractivity contribution in [3.63, 3.8) is 0 Å². The van der Waals surface area contributed by atoms with Crippen LogP contribution in [0.3, 0.4) is 0 Å². The average molecular weight is 122 g/mol. The van der Waals surface area contributed by atoms with E-state index < -0.39 is 0 Å². The lowest BCUT2D eigenvalue weighted by Gasteiger charge is -1.91. The minimum atomic E-state index is 0.525. The molecule has 0 aromatic carbocycles. The third kappa shape index (κ3) is 0.868. The molecule has 0 aliphatic heterocycles. The fourth-order valence-corrected chi connectivity index (χ4v) is 0.611. The van der Waals surface area contributed by atoms with Gasteiger partial charge in [0.1, 0.15) is 11.6 Å². The first-order chi connectivity index (χ1) is 4.38. The second-order valence-electron chi connectivity index (χ2n) is 1.54. The zero-order chi connectivity index (χ0) is 6.69. The van der Waals surface area contributed by atoms with Gasteiger partial charge in [-0.05, 0) is 6.07 Å². The molecule has 3 heteroatoms. The minimum Gasteiger partial charge on any atom is -0.481 e. The summed E-state index contributed by atoms with van der Waals surface area (Å²) in [6.07, 6.45) is 1.66. The molecule has 1 N–H and O–H groups in total. The van der Waals surface area contributed by atoms with E-state index in [1.165, 1.54) is 7.11 Å². The molecule has 0 bridgehead atoms. The Hall–Kier alpha value is -1.43. The van der Waals surface area contributed by atoms with Crippen LogP contribution in [-0.2, 0) is 0 Å². The minimum absolute atomic E-state index is 0.525. The number of nitriles is 1. The van der Waals surface area contributed by atoms with Crippen LogP contribution in [-0.4, -0.2) is 12.1 Å². The van der Waals surface area contributed by atoms with E-state index in [0.29, 0.717) is 11.4 Å². The number of nitrogens with one attached hydrogen (secondary N) is 1. The van der Waals surface area contributed by atoms with Gasteiger partial charge in [-0.3, -0.25) is 0 Å². The normalized spacial score (nSPS) is 8.44. The maximum atomic E-state index is 8.39. The van der Waals surface area contributed by atoms with Crippen LogP contribution in [0.5, 0.6) is 5.88 Å². The van der Waals surface area contributed by atoms with Crippen LogP contribution in [0, 0.1) is 11.3 Å². The van der Waals surface area contributed by atoms with Gasteiger partial charge in [0, 0.05) is 6.20 Å². The Labute approximate surface area is 52.9 Å². The van der Waals surface area contributed by atoms with Crippen LogP contribution in [0.2, 0.25) is 0 Å². The first kappa shape index (κ1) is 5.70. The largest absolute Gasteiger partial charge is 0.481 e. The van der Waals surface area contributed by atoms with Crippen molar-refractivity contribution in [2.75, 3.05) is 7.11 Å². The Balaban J connectivity index is 3.02. The second-order valence-corrected chi connectivity index (χ2v) is 1.54. The molecule has 1 aromatic heterocycles. The maximum absolute atomic E-state index is 8.39. The molecule has 0 unspecified atom stereocenters. The fraction of sp³-hybridized carbons (Fsp3) is 0.167. The topological polar surface area (TPSA) is 48.8 Å². The van der Waals surface area contributed by atoms with Crippen molar-refractivity contribution < 1.29 is 4.74 Å². The summed E-state index contributed by atoms with van der Waals surface area (Å²) >= 11 is 0. The van der Waals surface area contributed by atoms with Crippen LogP contribution < -0.4 is 4.74 Å². The molecule has 0 fully saturated rings. The summed E-state index contributed by atoms with van der Waals surface area (Å²) in [5.74, 6) is 0.525. The summed E-state index contributed by atoms with van der Waals surface area (Å²) in [6, 6.07) is 3.64. The molecule has 1 rings (SSSR count).